The predicted molar refractivity (Wildman–Crippen MR) is 84.7 cm³/mol. The monoisotopic (exact) mass is 280 g/mol. The molecule has 0 bridgehead atoms. The molecule has 2 nitrogen and oxygen atoms in total. The third-order valence-electron chi connectivity index (χ3n) is 3.98. The summed E-state index contributed by atoms with van der Waals surface area (Å²) in [5.74, 6) is 0.00143. The van der Waals surface area contributed by atoms with Crippen LogP contribution < -0.4 is 0 Å². The summed E-state index contributed by atoms with van der Waals surface area (Å²) in [6.45, 7) is 2.03. The van der Waals surface area contributed by atoms with Crippen LogP contribution in [0.5, 0.6) is 0 Å². The van der Waals surface area contributed by atoms with E-state index in [1.165, 1.54) is 57.8 Å². The van der Waals surface area contributed by atoms with Gasteiger partial charge in [0.2, 0.25) is 0 Å². The molecule has 0 saturated heterocycles. The molecule has 2 heteroatoms. The fourth-order valence-corrected chi connectivity index (χ4v) is 2.69. The minimum Gasteiger partial charge on any atom is -0.463 e. The molecule has 0 saturated carbocycles. The van der Waals surface area contributed by atoms with Crippen LogP contribution in [0.25, 0.3) is 0 Å². The number of ether oxygens (including phenoxy) is 1. The lowest BCUT2D eigenvalue weighted by molar-refractivity contribution is -0.148. The molecule has 1 atom stereocenters. The number of carbonyl (C=O) groups excluding carboxylic acids is 1. The van der Waals surface area contributed by atoms with Crippen LogP contribution in [0, 0.1) is 0 Å². The molecule has 0 spiro atoms. The number of cyclic esters (lactones) is 1. The summed E-state index contributed by atoms with van der Waals surface area (Å²) in [5.41, 5.74) is 0. The van der Waals surface area contributed by atoms with Crippen LogP contribution in [0.3, 0.4) is 0 Å². The fourth-order valence-electron chi connectivity index (χ4n) is 2.69. The molecule has 1 aliphatic rings. The summed E-state index contributed by atoms with van der Waals surface area (Å²) >= 11 is 0. The van der Waals surface area contributed by atoms with Crippen molar-refractivity contribution in [3.05, 3.63) is 12.2 Å². The standard InChI is InChI=1S/C18H32O2/c1-17-15-13-11-9-7-5-3-2-4-6-8-10-12-14-16-18(19)20-17/h2-3,17H,4-16H2,1H3/b3-2-. The summed E-state index contributed by atoms with van der Waals surface area (Å²) in [6, 6.07) is 0. The SMILES string of the molecule is CC1CCCCCC/C=C\CCCCCCCC(=O)O1. The van der Waals surface area contributed by atoms with Crippen LogP contribution in [-0.2, 0) is 9.53 Å². The molecule has 0 fully saturated rings. The van der Waals surface area contributed by atoms with Crippen molar-refractivity contribution in [1.82, 2.24) is 0 Å². The summed E-state index contributed by atoms with van der Waals surface area (Å²) in [6.07, 6.45) is 19.9. The zero-order chi connectivity index (χ0) is 14.5. The van der Waals surface area contributed by atoms with E-state index in [1.54, 1.807) is 0 Å². The second-order valence-electron chi connectivity index (χ2n) is 6.07. The van der Waals surface area contributed by atoms with Gasteiger partial charge in [-0.3, -0.25) is 4.79 Å². The van der Waals surface area contributed by atoms with Gasteiger partial charge in [0.25, 0.3) is 0 Å². The van der Waals surface area contributed by atoms with Crippen molar-refractivity contribution in [1.29, 1.82) is 0 Å². The molecule has 0 aromatic rings. The van der Waals surface area contributed by atoms with Crippen LogP contribution >= 0.6 is 0 Å². The van der Waals surface area contributed by atoms with Gasteiger partial charge in [0.05, 0.1) is 6.10 Å². The maximum absolute atomic E-state index is 11.7. The quantitative estimate of drug-likeness (QED) is 0.429. The Labute approximate surface area is 125 Å². The zero-order valence-electron chi connectivity index (χ0n) is 13.2. The Morgan fingerprint density at radius 2 is 1.40 bits per heavy atom. The third-order valence-corrected chi connectivity index (χ3v) is 3.98. The molecule has 1 heterocycles. The lowest BCUT2D eigenvalue weighted by Gasteiger charge is -2.13. The van der Waals surface area contributed by atoms with Crippen LogP contribution in [0.2, 0.25) is 0 Å². The predicted octanol–water partition coefficient (Wildman–Crippen LogP) is 5.56. The minimum absolute atomic E-state index is 0.00143. The van der Waals surface area contributed by atoms with E-state index in [1.807, 2.05) is 6.92 Å². The highest BCUT2D eigenvalue weighted by atomic mass is 16.5. The van der Waals surface area contributed by atoms with E-state index in [0.29, 0.717) is 6.42 Å². The maximum atomic E-state index is 11.7. The van der Waals surface area contributed by atoms with Gasteiger partial charge in [-0.2, -0.15) is 0 Å². The molecule has 0 aromatic carbocycles. The van der Waals surface area contributed by atoms with Gasteiger partial charge in [0, 0.05) is 6.42 Å². The molecular formula is C18H32O2. The van der Waals surface area contributed by atoms with Crippen molar-refractivity contribution in [3.63, 3.8) is 0 Å². The number of hydrogen-bond acceptors (Lipinski definition) is 2. The lowest BCUT2D eigenvalue weighted by Crippen LogP contribution is -2.14. The van der Waals surface area contributed by atoms with Crippen molar-refractivity contribution >= 4 is 5.97 Å². The Hall–Kier alpha value is -0.790. The highest BCUT2D eigenvalue weighted by Crippen LogP contribution is 2.13. The number of allylic oxidation sites excluding steroid dienone is 2. The highest BCUT2D eigenvalue weighted by Gasteiger charge is 2.08. The second-order valence-corrected chi connectivity index (χ2v) is 6.07. The third kappa shape index (κ3) is 10.1. The Morgan fingerprint density at radius 3 is 2.10 bits per heavy atom. The Morgan fingerprint density at radius 1 is 0.850 bits per heavy atom. The normalized spacial score (nSPS) is 27.1. The first-order valence-corrected chi connectivity index (χ1v) is 8.63. The Kier molecular flexibility index (Phi) is 10.3. The molecule has 0 radical (unpaired) electrons. The lowest BCUT2D eigenvalue weighted by atomic mass is 10.1. The van der Waals surface area contributed by atoms with E-state index in [0.717, 1.165) is 19.3 Å². The van der Waals surface area contributed by atoms with Crippen LogP contribution in [-0.4, -0.2) is 12.1 Å². The fraction of sp³-hybridized carbons (Fsp3) is 0.833. The topological polar surface area (TPSA) is 26.3 Å². The number of hydrogen-bond donors (Lipinski definition) is 0. The zero-order valence-corrected chi connectivity index (χ0v) is 13.2. The number of carbonyl (C=O) groups is 1. The van der Waals surface area contributed by atoms with Gasteiger partial charge in [-0.05, 0) is 51.9 Å². The van der Waals surface area contributed by atoms with Crippen LogP contribution in [0.15, 0.2) is 12.2 Å². The molecule has 1 unspecified atom stereocenters. The molecule has 0 amide bonds. The molecule has 0 aliphatic carbocycles. The number of rotatable bonds is 0. The van der Waals surface area contributed by atoms with Crippen molar-refractivity contribution in [2.45, 2.75) is 96.5 Å². The van der Waals surface area contributed by atoms with Crippen molar-refractivity contribution in [3.8, 4) is 0 Å². The van der Waals surface area contributed by atoms with E-state index in [9.17, 15) is 4.79 Å². The van der Waals surface area contributed by atoms with Gasteiger partial charge < -0.3 is 4.74 Å². The highest BCUT2D eigenvalue weighted by molar-refractivity contribution is 5.69. The van der Waals surface area contributed by atoms with E-state index < -0.39 is 0 Å². The van der Waals surface area contributed by atoms with Gasteiger partial charge >= 0.3 is 5.97 Å². The maximum Gasteiger partial charge on any atom is 0.306 e. The molecule has 1 rings (SSSR count). The Balaban J connectivity index is 2.25. The first kappa shape index (κ1) is 17.3. The van der Waals surface area contributed by atoms with E-state index in [-0.39, 0.29) is 12.1 Å². The largest absolute Gasteiger partial charge is 0.463 e. The molecule has 1 aliphatic heterocycles. The smallest absolute Gasteiger partial charge is 0.306 e. The van der Waals surface area contributed by atoms with E-state index in [4.69, 9.17) is 4.74 Å². The first-order chi connectivity index (χ1) is 9.79. The number of esters is 1. The van der Waals surface area contributed by atoms with Gasteiger partial charge in [0.1, 0.15) is 0 Å². The second kappa shape index (κ2) is 12.0. The molecule has 0 N–H and O–H groups in total. The summed E-state index contributed by atoms with van der Waals surface area (Å²) in [5, 5.41) is 0. The van der Waals surface area contributed by atoms with Gasteiger partial charge in [0.15, 0.2) is 0 Å². The Bertz CT molecular complexity index is 271. The van der Waals surface area contributed by atoms with E-state index in [2.05, 4.69) is 12.2 Å². The average molecular weight is 280 g/mol. The summed E-state index contributed by atoms with van der Waals surface area (Å²) < 4.78 is 5.45. The van der Waals surface area contributed by atoms with E-state index >= 15 is 0 Å². The van der Waals surface area contributed by atoms with Crippen LogP contribution in [0.4, 0.5) is 0 Å². The molecular weight excluding hydrogens is 248 g/mol. The van der Waals surface area contributed by atoms with Crippen molar-refractivity contribution < 1.29 is 9.53 Å². The van der Waals surface area contributed by atoms with Gasteiger partial charge in [-0.25, -0.2) is 0 Å². The molecule has 20 heavy (non-hydrogen) atoms. The average Bonchev–Trinajstić information content (AvgIpc) is 2.42. The minimum atomic E-state index is 0.00143. The van der Waals surface area contributed by atoms with Crippen molar-refractivity contribution in [2.75, 3.05) is 0 Å². The molecule has 116 valence electrons. The first-order valence-electron chi connectivity index (χ1n) is 8.63. The summed E-state index contributed by atoms with van der Waals surface area (Å²) in [4.78, 5) is 11.7. The van der Waals surface area contributed by atoms with Crippen molar-refractivity contribution in [2.24, 2.45) is 0 Å². The summed E-state index contributed by atoms with van der Waals surface area (Å²) in [7, 11) is 0. The van der Waals surface area contributed by atoms with Gasteiger partial charge in [-0.1, -0.05) is 44.3 Å². The van der Waals surface area contributed by atoms with Crippen LogP contribution in [0.1, 0.15) is 90.4 Å². The molecule has 0 aromatic heterocycles. The van der Waals surface area contributed by atoms with Gasteiger partial charge in [-0.15, -0.1) is 0 Å².